The summed E-state index contributed by atoms with van der Waals surface area (Å²) in [4.78, 5) is 0.109. The van der Waals surface area contributed by atoms with Crippen molar-refractivity contribution in [1.29, 1.82) is 0 Å². The number of hydrogen-bond acceptors (Lipinski definition) is 3. The molecular formula is C11H12ClN3O2S. The minimum atomic E-state index is -3.59. The molecule has 0 radical (unpaired) electrons. The van der Waals surface area contributed by atoms with E-state index in [9.17, 15) is 8.42 Å². The highest BCUT2D eigenvalue weighted by Crippen LogP contribution is 2.24. The third-order valence-corrected chi connectivity index (χ3v) is 4.79. The minimum absolute atomic E-state index is 0.109. The van der Waals surface area contributed by atoms with Gasteiger partial charge in [-0.25, -0.2) is 8.42 Å². The zero-order valence-electron chi connectivity index (χ0n) is 9.67. The predicted molar refractivity (Wildman–Crippen MR) is 68.7 cm³/mol. The van der Waals surface area contributed by atoms with Gasteiger partial charge in [0.15, 0.2) is 0 Å². The van der Waals surface area contributed by atoms with Gasteiger partial charge in [0.05, 0.1) is 11.2 Å². The lowest BCUT2D eigenvalue weighted by atomic mass is 10.4. The van der Waals surface area contributed by atoms with E-state index in [0.717, 1.165) is 5.56 Å². The van der Waals surface area contributed by atoms with Crippen molar-refractivity contribution in [2.75, 3.05) is 7.05 Å². The number of H-pyrrole nitrogens is 1. The number of aromatic amines is 1. The Hall–Kier alpha value is -1.37. The van der Waals surface area contributed by atoms with E-state index in [4.69, 9.17) is 11.6 Å². The van der Waals surface area contributed by atoms with Crippen LogP contribution in [0.25, 0.3) is 0 Å². The Kier molecular flexibility index (Phi) is 3.70. The standard InChI is InChI=1S/C11H12ClN3O2S/c1-15(8-9-6-13-14-7-9)18(16,17)11-5-3-2-4-10(11)12/h2-7H,8H2,1H3,(H,13,14). The molecular weight excluding hydrogens is 274 g/mol. The number of rotatable bonds is 4. The first-order valence-electron chi connectivity index (χ1n) is 5.20. The van der Waals surface area contributed by atoms with Crippen LogP contribution < -0.4 is 0 Å². The van der Waals surface area contributed by atoms with Crippen LogP contribution >= 0.6 is 11.6 Å². The van der Waals surface area contributed by atoms with Crippen LogP contribution in [0, 0.1) is 0 Å². The Morgan fingerprint density at radius 3 is 2.72 bits per heavy atom. The van der Waals surface area contributed by atoms with Gasteiger partial charge >= 0.3 is 0 Å². The predicted octanol–water partition coefficient (Wildman–Crippen LogP) is 1.88. The summed E-state index contributed by atoms with van der Waals surface area (Å²) < 4.78 is 25.8. The maximum atomic E-state index is 12.3. The van der Waals surface area contributed by atoms with Gasteiger partial charge in [-0.05, 0) is 12.1 Å². The Labute approximate surface area is 110 Å². The molecule has 5 nitrogen and oxygen atoms in total. The molecule has 0 unspecified atom stereocenters. The minimum Gasteiger partial charge on any atom is -0.285 e. The average Bonchev–Trinajstić information content (AvgIpc) is 2.82. The second-order valence-electron chi connectivity index (χ2n) is 3.80. The van der Waals surface area contributed by atoms with Crippen molar-refractivity contribution in [1.82, 2.24) is 14.5 Å². The number of aromatic nitrogens is 2. The third kappa shape index (κ3) is 2.55. The average molecular weight is 286 g/mol. The fourth-order valence-corrected chi connectivity index (χ4v) is 3.18. The lowest BCUT2D eigenvalue weighted by molar-refractivity contribution is 0.467. The summed E-state index contributed by atoms with van der Waals surface area (Å²) in [5.41, 5.74) is 0.785. The topological polar surface area (TPSA) is 66.1 Å². The molecule has 2 aromatic rings. The molecule has 1 aromatic heterocycles. The van der Waals surface area contributed by atoms with E-state index >= 15 is 0 Å². The molecule has 18 heavy (non-hydrogen) atoms. The smallest absolute Gasteiger partial charge is 0.244 e. The molecule has 1 heterocycles. The number of halogens is 1. The molecule has 0 amide bonds. The molecule has 96 valence electrons. The maximum absolute atomic E-state index is 12.3. The van der Waals surface area contributed by atoms with Crippen LogP contribution in [0.3, 0.4) is 0 Å². The Balaban J connectivity index is 2.29. The van der Waals surface area contributed by atoms with E-state index in [1.54, 1.807) is 30.6 Å². The monoisotopic (exact) mass is 285 g/mol. The van der Waals surface area contributed by atoms with Crippen molar-refractivity contribution in [3.8, 4) is 0 Å². The van der Waals surface area contributed by atoms with E-state index in [-0.39, 0.29) is 16.5 Å². The van der Waals surface area contributed by atoms with Crippen molar-refractivity contribution in [2.45, 2.75) is 11.4 Å². The summed E-state index contributed by atoms with van der Waals surface area (Å²) in [6, 6.07) is 6.38. The van der Waals surface area contributed by atoms with Gasteiger partial charge in [-0.1, -0.05) is 23.7 Å². The van der Waals surface area contributed by atoms with Crippen LogP contribution in [0.1, 0.15) is 5.56 Å². The lowest BCUT2D eigenvalue weighted by Gasteiger charge is -2.17. The summed E-state index contributed by atoms with van der Waals surface area (Å²) >= 11 is 5.91. The van der Waals surface area contributed by atoms with Crippen molar-refractivity contribution in [3.63, 3.8) is 0 Å². The van der Waals surface area contributed by atoms with Gasteiger partial charge in [0.1, 0.15) is 4.90 Å². The molecule has 0 atom stereocenters. The van der Waals surface area contributed by atoms with Gasteiger partial charge in [-0.2, -0.15) is 9.40 Å². The molecule has 0 saturated carbocycles. The van der Waals surface area contributed by atoms with Crippen molar-refractivity contribution in [3.05, 3.63) is 47.2 Å². The quantitative estimate of drug-likeness (QED) is 0.933. The highest BCUT2D eigenvalue weighted by atomic mass is 35.5. The first-order chi connectivity index (χ1) is 8.51. The van der Waals surface area contributed by atoms with Crippen molar-refractivity contribution in [2.24, 2.45) is 0 Å². The molecule has 7 heteroatoms. The molecule has 0 bridgehead atoms. The van der Waals surface area contributed by atoms with E-state index < -0.39 is 10.0 Å². The normalized spacial score (nSPS) is 11.9. The van der Waals surface area contributed by atoms with Gasteiger partial charge in [-0.3, -0.25) is 5.10 Å². The highest BCUT2D eigenvalue weighted by molar-refractivity contribution is 7.89. The first-order valence-corrected chi connectivity index (χ1v) is 7.02. The number of hydrogen-bond donors (Lipinski definition) is 1. The van der Waals surface area contributed by atoms with Crippen LogP contribution in [0.4, 0.5) is 0 Å². The van der Waals surface area contributed by atoms with Crippen LogP contribution in [0.5, 0.6) is 0 Å². The van der Waals surface area contributed by atoms with E-state index in [2.05, 4.69) is 10.2 Å². The van der Waals surface area contributed by atoms with Crippen molar-refractivity contribution >= 4 is 21.6 Å². The van der Waals surface area contributed by atoms with E-state index in [1.807, 2.05) is 0 Å². The molecule has 0 aliphatic rings. The molecule has 0 fully saturated rings. The van der Waals surface area contributed by atoms with Gasteiger partial charge in [0, 0.05) is 25.4 Å². The highest BCUT2D eigenvalue weighted by Gasteiger charge is 2.23. The van der Waals surface area contributed by atoms with Crippen LogP contribution in [0.15, 0.2) is 41.6 Å². The molecule has 2 rings (SSSR count). The Bertz CT molecular complexity index is 625. The van der Waals surface area contributed by atoms with E-state index in [1.165, 1.54) is 17.4 Å². The fraction of sp³-hybridized carbons (Fsp3) is 0.182. The summed E-state index contributed by atoms with van der Waals surface area (Å²) in [5, 5.41) is 6.63. The SMILES string of the molecule is CN(Cc1cn[nH]c1)S(=O)(=O)c1ccccc1Cl. The molecule has 0 spiro atoms. The van der Waals surface area contributed by atoms with Gasteiger partial charge in [-0.15, -0.1) is 0 Å². The fourth-order valence-electron chi connectivity index (χ4n) is 1.53. The Morgan fingerprint density at radius 1 is 1.39 bits per heavy atom. The van der Waals surface area contributed by atoms with Crippen LogP contribution in [-0.2, 0) is 16.6 Å². The van der Waals surface area contributed by atoms with Gasteiger partial charge < -0.3 is 0 Å². The van der Waals surface area contributed by atoms with Gasteiger partial charge in [0.25, 0.3) is 0 Å². The lowest BCUT2D eigenvalue weighted by Crippen LogP contribution is -2.26. The largest absolute Gasteiger partial charge is 0.285 e. The van der Waals surface area contributed by atoms with Crippen molar-refractivity contribution < 1.29 is 8.42 Å². The zero-order chi connectivity index (χ0) is 13.2. The maximum Gasteiger partial charge on any atom is 0.244 e. The van der Waals surface area contributed by atoms with E-state index in [0.29, 0.717) is 0 Å². The van der Waals surface area contributed by atoms with Crippen LogP contribution in [0.2, 0.25) is 5.02 Å². The third-order valence-electron chi connectivity index (χ3n) is 2.48. The molecule has 0 saturated heterocycles. The summed E-state index contributed by atoms with van der Waals surface area (Å²) in [7, 11) is -2.08. The first kappa shape index (κ1) is 13.1. The summed E-state index contributed by atoms with van der Waals surface area (Å²) in [6.07, 6.45) is 3.23. The number of sulfonamides is 1. The van der Waals surface area contributed by atoms with Gasteiger partial charge in [0.2, 0.25) is 10.0 Å². The molecule has 1 N–H and O–H groups in total. The molecule has 0 aliphatic heterocycles. The summed E-state index contributed by atoms with van der Waals surface area (Å²) in [5.74, 6) is 0. The Morgan fingerprint density at radius 2 is 2.11 bits per heavy atom. The summed E-state index contributed by atoms with van der Waals surface area (Å²) in [6.45, 7) is 0.240. The van der Waals surface area contributed by atoms with Crippen LogP contribution in [-0.4, -0.2) is 30.0 Å². The number of nitrogens with one attached hydrogen (secondary N) is 1. The molecule has 0 aliphatic carbocycles. The number of benzene rings is 1. The molecule has 1 aromatic carbocycles. The second-order valence-corrected chi connectivity index (χ2v) is 6.22. The number of nitrogens with zero attached hydrogens (tertiary/aromatic N) is 2. The zero-order valence-corrected chi connectivity index (χ0v) is 11.2. The second kappa shape index (κ2) is 5.09.